The van der Waals surface area contributed by atoms with Crippen LogP contribution in [-0.2, 0) is 9.59 Å². The molecule has 0 aromatic heterocycles. The van der Waals surface area contributed by atoms with Gasteiger partial charge in [-0.05, 0) is 12.8 Å². The Morgan fingerprint density at radius 2 is 2.12 bits per heavy atom. The highest BCUT2D eigenvalue weighted by atomic mass is 32.1. The van der Waals surface area contributed by atoms with Gasteiger partial charge in [-0.15, -0.1) is 0 Å². The second-order valence-corrected chi connectivity index (χ2v) is 5.23. The third-order valence-electron chi connectivity index (χ3n) is 3.70. The number of hydrogen-bond donors (Lipinski definition) is 3. The van der Waals surface area contributed by atoms with E-state index in [-0.39, 0.29) is 23.1 Å². The van der Waals surface area contributed by atoms with Crippen LogP contribution in [-0.4, -0.2) is 50.4 Å². The van der Waals surface area contributed by atoms with Gasteiger partial charge in [-0.3, -0.25) is 4.79 Å². The van der Waals surface area contributed by atoms with Crippen molar-refractivity contribution >= 4 is 24.5 Å². The minimum absolute atomic E-state index is 0.0123. The van der Waals surface area contributed by atoms with Crippen LogP contribution in [0.1, 0.15) is 13.8 Å². The molecule has 2 rings (SSSR count). The van der Waals surface area contributed by atoms with Gasteiger partial charge in [-0.25, -0.2) is 4.79 Å². The molecule has 0 radical (unpaired) electrons. The van der Waals surface area contributed by atoms with Gasteiger partial charge in [0.15, 0.2) is 0 Å². The number of rotatable bonds is 2. The van der Waals surface area contributed by atoms with Gasteiger partial charge in [0.2, 0.25) is 5.91 Å². The van der Waals surface area contributed by atoms with E-state index in [0.717, 1.165) is 0 Å². The van der Waals surface area contributed by atoms with Gasteiger partial charge in [0, 0.05) is 5.25 Å². The van der Waals surface area contributed by atoms with E-state index in [1.54, 1.807) is 6.92 Å². The lowest BCUT2D eigenvalue weighted by atomic mass is 9.79. The Bertz CT molecular complexity index is 346. The van der Waals surface area contributed by atoms with Gasteiger partial charge in [0.25, 0.3) is 0 Å². The maximum atomic E-state index is 11.8. The summed E-state index contributed by atoms with van der Waals surface area (Å²) < 4.78 is 0. The molecule has 0 aliphatic carbocycles. The Labute approximate surface area is 98.8 Å². The first-order valence-corrected chi connectivity index (χ1v) is 5.80. The molecule has 0 bridgehead atoms. The molecule has 16 heavy (non-hydrogen) atoms. The molecule has 6 atom stereocenters. The van der Waals surface area contributed by atoms with Gasteiger partial charge in [0.1, 0.15) is 6.04 Å². The number of hydrogen-bond acceptors (Lipinski definition) is 4. The van der Waals surface area contributed by atoms with E-state index in [2.05, 4.69) is 12.6 Å². The first-order chi connectivity index (χ1) is 7.37. The quantitative estimate of drug-likeness (QED) is 0.457. The smallest absolute Gasteiger partial charge is 0.327 e. The molecule has 0 aromatic rings. The van der Waals surface area contributed by atoms with Crippen LogP contribution in [0.2, 0.25) is 0 Å². The van der Waals surface area contributed by atoms with Crippen LogP contribution < -0.4 is 0 Å². The number of aliphatic hydroxyl groups is 1. The van der Waals surface area contributed by atoms with E-state index in [1.807, 2.05) is 6.92 Å². The van der Waals surface area contributed by atoms with Crippen molar-refractivity contribution in [2.75, 3.05) is 0 Å². The minimum atomic E-state index is -1.02. The van der Waals surface area contributed by atoms with Crippen LogP contribution in [0, 0.1) is 11.8 Å². The maximum absolute atomic E-state index is 11.8. The number of amides is 1. The first kappa shape index (κ1) is 11.7. The number of nitrogens with zero attached hydrogens (tertiary/aromatic N) is 1. The molecule has 6 heteroatoms. The molecule has 2 N–H and O–H groups in total. The predicted octanol–water partition coefficient (Wildman–Crippen LogP) is -0.405. The summed E-state index contributed by atoms with van der Waals surface area (Å²) in [6, 6.07) is -1.04. The van der Waals surface area contributed by atoms with Crippen molar-refractivity contribution in [1.29, 1.82) is 0 Å². The maximum Gasteiger partial charge on any atom is 0.327 e. The molecule has 0 spiro atoms. The Morgan fingerprint density at radius 1 is 1.56 bits per heavy atom. The minimum Gasteiger partial charge on any atom is -0.480 e. The van der Waals surface area contributed by atoms with Crippen LogP contribution in [0.15, 0.2) is 0 Å². The van der Waals surface area contributed by atoms with Crippen molar-refractivity contribution in [3.63, 3.8) is 0 Å². The lowest BCUT2D eigenvalue weighted by molar-refractivity contribution is -0.170. The Kier molecular flexibility index (Phi) is 2.66. The normalized spacial score (nSPS) is 43.9. The van der Waals surface area contributed by atoms with Crippen LogP contribution in [0.25, 0.3) is 0 Å². The van der Waals surface area contributed by atoms with Gasteiger partial charge in [0.05, 0.1) is 18.1 Å². The van der Waals surface area contributed by atoms with Crippen LogP contribution in [0.5, 0.6) is 0 Å². The third kappa shape index (κ3) is 1.29. The topological polar surface area (TPSA) is 77.8 Å². The zero-order chi connectivity index (χ0) is 12.2. The zero-order valence-corrected chi connectivity index (χ0v) is 9.96. The molecule has 2 saturated heterocycles. The van der Waals surface area contributed by atoms with Gasteiger partial charge >= 0.3 is 5.97 Å². The number of aliphatic carboxylic acids is 1. The fourth-order valence-corrected chi connectivity index (χ4v) is 3.32. The summed E-state index contributed by atoms with van der Waals surface area (Å²) in [4.78, 5) is 24.2. The Balaban J connectivity index is 2.28. The van der Waals surface area contributed by atoms with Gasteiger partial charge in [-0.1, -0.05) is 6.92 Å². The Morgan fingerprint density at radius 3 is 2.56 bits per heavy atom. The number of thiol groups is 1. The first-order valence-electron chi connectivity index (χ1n) is 5.29. The van der Waals surface area contributed by atoms with E-state index < -0.39 is 24.0 Å². The molecule has 1 amide bonds. The second kappa shape index (κ2) is 3.63. The molecular formula is C10H15NO4S. The fraction of sp³-hybridized carbons (Fsp3) is 0.800. The monoisotopic (exact) mass is 245 g/mol. The summed E-state index contributed by atoms with van der Waals surface area (Å²) in [6.07, 6.45) is -0.732. The number of fused-ring (bicyclic) bond motifs is 1. The molecule has 0 saturated carbocycles. The van der Waals surface area contributed by atoms with Crippen molar-refractivity contribution < 1.29 is 19.8 Å². The summed E-state index contributed by atoms with van der Waals surface area (Å²) in [6.45, 7) is 3.44. The fourth-order valence-electron chi connectivity index (χ4n) is 2.87. The number of carboxylic acids is 1. The number of carboxylic acid groups (broad SMARTS) is 1. The summed E-state index contributed by atoms with van der Waals surface area (Å²) in [5.74, 6) is -1.77. The average Bonchev–Trinajstić information content (AvgIpc) is 2.38. The molecule has 2 aliphatic rings. The van der Waals surface area contributed by atoms with E-state index >= 15 is 0 Å². The highest BCUT2D eigenvalue weighted by Gasteiger charge is 2.63. The Hall–Kier alpha value is -0.750. The second-order valence-electron chi connectivity index (χ2n) is 4.64. The molecule has 2 fully saturated rings. The predicted molar refractivity (Wildman–Crippen MR) is 59.2 cm³/mol. The highest BCUT2D eigenvalue weighted by Crippen LogP contribution is 2.46. The van der Waals surface area contributed by atoms with Crippen molar-refractivity contribution in [2.45, 2.75) is 37.3 Å². The van der Waals surface area contributed by atoms with Crippen LogP contribution in [0.3, 0.4) is 0 Å². The summed E-state index contributed by atoms with van der Waals surface area (Å²) in [5, 5.41) is 18.2. The van der Waals surface area contributed by atoms with E-state index in [4.69, 9.17) is 5.11 Å². The number of carbonyl (C=O) groups is 2. The van der Waals surface area contributed by atoms with Gasteiger partial charge < -0.3 is 15.1 Å². The lowest BCUT2D eigenvalue weighted by Crippen LogP contribution is -2.65. The molecule has 0 aromatic carbocycles. The van der Waals surface area contributed by atoms with Crippen molar-refractivity contribution in [3.05, 3.63) is 0 Å². The van der Waals surface area contributed by atoms with Crippen LogP contribution in [0.4, 0.5) is 0 Å². The molecular weight excluding hydrogens is 230 g/mol. The third-order valence-corrected chi connectivity index (χ3v) is 4.45. The number of carbonyl (C=O) groups excluding carboxylic acids is 1. The SMILES string of the molecule is C[C@@H](O)[C@H]1C(=O)N2C(C(=O)O)C(S)[C@H](C)[C@H]12. The molecule has 5 nitrogen and oxygen atoms in total. The van der Waals surface area contributed by atoms with Crippen molar-refractivity contribution in [3.8, 4) is 0 Å². The lowest BCUT2D eigenvalue weighted by Gasteiger charge is -2.47. The largest absolute Gasteiger partial charge is 0.480 e. The van der Waals surface area contributed by atoms with Gasteiger partial charge in [-0.2, -0.15) is 12.6 Å². The summed E-state index contributed by atoms with van der Waals surface area (Å²) in [5.41, 5.74) is 0. The van der Waals surface area contributed by atoms with Crippen LogP contribution >= 0.6 is 12.6 Å². The molecule has 90 valence electrons. The molecule has 2 aliphatic heterocycles. The number of aliphatic hydroxyl groups excluding tert-OH is 1. The van der Waals surface area contributed by atoms with E-state index in [0.29, 0.717) is 0 Å². The zero-order valence-electron chi connectivity index (χ0n) is 9.07. The van der Waals surface area contributed by atoms with E-state index in [1.165, 1.54) is 4.90 Å². The summed E-state index contributed by atoms with van der Waals surface area (Å²) >= 11 is 4.27. The number of β-lactam (4-membered cyclic amide) rings is 1. The summed E-state index contributed by atoms with van der Waals surface area (Å²) in [7, 11) is 0. The van der Waals surface area contributed by atoms with Crippen molar-refractivity contribution in [2.24, 2.45) is 11.8 Å². The molecule has 2 unspecified atom stereocenters. The average molecular weight is 245 g/mol. The standard InChI is InChI=1S/C10H15NO4S/c1-3-6-5(4(2)12)9(13)11(6)7(8(3)16)10(14)15/h3-8,12,16H,1-2H3,(H,14,15)/t3-,4-,5-,6-,7?,8?/m1/s1. The van der Waals surface area contributed by atoms with E-state index in [9.17, 15) is 14.7 Å². The molecule has 2 heterocycles. The van der Waals surface area contributed by atoms with Crippen molar-refractivity contribution in [1.82, 2.24) is 4.90 Å². The highest BCUT2D eigenvalue weighted by molar-refractivity contribution is 7.81.